The van der Waals surface area contributed by atoms with E-state index in [9.17, 15) is 9.90 Å². The highest BCUT2D eigenvalue weighted by Crippen LogP contribution is 2.10. The van der Waals surface area contributed by atoms with Crippen molar-refractivity contribution in [3.8, 4) is 5.69 Å². The Balaban J connectivity index is 1.59. The zero-order chi connectivity index (χ0) is 17.6. The SMILES string of the molecule is CC(NC(=O)c1ccc(-n2cncn2)cc1)C(O)Cc1ccccc1. The molecule has 0 radical (unpaired) electrons. The average Bonchev–Trinajstić information content (AvgIpc) is 3.17. The Morgan fingerprint density at radius 3 is 2.52 bits per heavy atom. The summed E-state index contributed by atoms with van der Waals surface area (Å²) in [6.07, 6.45) is 2.89. The Morgan fingerprint density at radius 2 is 1.88 bits per heavy atom. The van der Waals surface area contributed by atoms with Crippen molar-refractivity contribution in [2.24, 2.45) is 0 Å². The molecule has 1 aromatic heterocycles. The molecule has 3 rings (SSSR count). The Bertz CT molecular complexity index is 801. The van der Waals surface area contributed by atoms with Crippen LogP contribution in [-0.4, -0.2) is 37.9 Å². The van der Waals surface area contributed by atoms with Gasteiger partial charge in [-0.3, -0.25) is 4.79 Å². The molecule has 128 valence electrons. The van der Waals surface area contributed by atoms with Gasteiger partial charge in [-0.1, -0.05) is 30.3 Å². The molecule has 0 spiro atoms. The molecule has 0 bridgehead atoms. The Kier molecular flexibility index (Phi) is 5.20. The van der Waals surface area contributed by atoms with Crippen LogP contribution >= 0.6 is 0 Å². The van der Waals surface area contributed by atoms with E-state index in [1.807, 2.05) is 30.3 Å². The molecule has 3 aromatic rings. The minimum atomic E-state index is -0.652. The van der Waals surface area contributed by atoms with Crippen LogP contribution < -0.4 is 5.32 Å². The molecule has 0 aliphatic heterocycles. The lowest BCUT2D eigenvalue weighted by Crippen LogP contribution is -2.42. The van der Waals surface area contributed by atoms with Crippen LogP contribution in [0.15, 0.2) is 67.3 Å². The molecule has 2 N–H and O–H groups in total. The van der Waals surface area contributed by atoms with Crippen LogP contribution in [0, 0.1) is 0 Å². The molecule has 2 atom stereocenters. The fourth-order valence-corrected chi connectivity index (χ4v) is 2.53. The lowest BCUT2D eigenvalue weighted by atomic mass is 10.0. The van der Waals surface area contributed by atoms with Crippen LogP contribution in [0.4, 0.5) is 0 Å². The van der Waals surface area contributed by atoms with E-state index >= 15 is 0 Å². The second-order valence-electron chi connectivity index (χ2n) is 5.91. The molecule has 2 aromatic carbocycles. The van der Waals surface area contributed by atoms with Gasteiger partial charge in [0, 0.05) is 12.0 Å². The Labute approximate surface area is 146 Å². The van der Waals surface area contributed by atoms with Crippen molar-refractivity contribution in [3.63, 3.8) is 0 Å². The molecular weight excluding hydrogens is 316 g/mol. The predicted octanol–water partition coefficient (Wildman–Crippen LogP) is 1.99. The van der Waals surface area contributed by atoms with Gasteiger partial charge < -0.3 is 10.4 Å². The lowest BCUT2D eigenvalue weighted by molar-refractivity contribution is 0.0852. The molecule has 1 heterocycles. The molecule has 6 nitrogen and oxygen atoms in total. The molecule has 0 saturated carbocycles. The highest BCUT2D eigenvalue weighted by atomic mass is 16.3. The highest BCUT2D eigenvalue weighted by Gasteiger charge is 2.18. The van der Waals surface area contributed by atoms with E-state index in [2.05, 4.69) is 15.4 Å². The number of benzene rings is 2. The molecule has 0 fully saturated rings. The third kappa shape index (κ3) is 4.30. The summed E-state index contributed by atoms with van der Waals surface area (Å²) in [5.74, 6) is -0.218. The second-order valence-corrected chi connectivity index (χ2v) is 5.91. The molecular formula is C19H20N4O2. The summed E-state index contributed by atoms with van der Waals surface area (Å²) < 4.78 is 1.62. The van der Waals surface area contributed by atoms with Crippen LogP contribution in [0.25, 0.3) is 5.69 Å². The first kappa shape index (κ1) is 16.9. The minimum Gasteiger partial charge on any atom is -0.391 e. The number of aliphatic hydroxyl groups excluding tert-OH is 1. The summed E-state index contributed by atoms with van der Waals surface area (Å²) in [5.41, 5.74) is 2.39. The van der Waals surface area contributed by atoms with Crippen molar-refractivity contribution in [1.82, 2.24) is 20.1 Å². The van der Waals surface area contributed by atoms with Gasteiger partial charge in [0.15, 0.2) is 0 Å². The van der Waals surface area contributed by atoms with Gasteiger partial charge in [-0.05, 0) is 36.8 Å². The number of rotatable bonds is 6. The zero-order valence-electron chi connectivity index (χ0n) is 13.9. The van der Waals surface area contributed by atoms with Crippen molar-refractivity contribution in [1.29, 1.82) is 0 Å². The Hall–Kier alpha value is -2.99. The quantitative estimate of drug-likeness (QED) is 0.721. The largest absolute Gasteiger partial charge is 0.391 e. The summed E-state index contributed by atoms with van der Waals surface area (Å²) >= 11 is 0. The van der Waals surface area contributed by atoms with E-state index in [1.165, 1.54) is 6.33 Å². The number of nitrogens with one attached hydrogen (secondary N) is 1. The van der Waals surface area contributed by atoms with Gasteiger partial charge in [0.05, 0.1) is 17.8 Å². The summed E-state index contributed by atoms with van der Waals surface area (Å²) in [5, 5.41) is 17.2. The maximum absolute atomic E-state index is 12.4. The first-order chi connectivity index (χ1) is 12.1. The second kappa shape index (κ2) is 7.72. The first-order valence-corrected chi connectivity index (χ1v) is 8.11. The lowest BCUT2D eigenvalue weighted by Gasteiger charge is -2.20. The van der Waals surface area contributed by atoms with Crippen molar-refractivity contribution in [2.75, 3.05) is 0 Å². The third-order valence-corrected chi connectivity index (χ3v) is 4.04. The standard InChI is InChI=1S/C19H20N4O2/c1-14(18(24)11-15-5-3-2-4-6-15)22-19(25)16-7-9-17(10-8-16)23-13-20-12-21-23/h2-10,12-14,18,24H,11H2,1H3,(H,22,25). The molecule has 1 amide bonds. The van der Waals surface area contributed by atoms with Gasteiger partial charge in [-0.2, -0.15) is 5.10 Å². The van der Waals surface area contributed by atoms with Crippen molar-refractivity contribution < 1.29 is 9.90 Å². The van der Waals surface area contributed by atoms with Gasteiger partial charge in [-0.15, -0.1) is 0 Å². The average molecular weight is 336 g/mol. The van der Waals surface area contributed by atoms with Gasteiger partial charge in [0.2, 0.25) is 0 Å². The monoisotopic (exact) mass is 336 g/mol. The number of hydrogen-bond acceptors (Lipinski definition) is 4. The molecule has 0 saturated heterocycles. The first-order valence-electron chi connectivity index (χ1n) is 8.11. The van der Waals surface area contributed by atoms with Gasteiger partial charge in [-0.25, -0.2) is 9.67 Å². The fraction of sp³-hybridized carbons (Fsp3) is 0.211. The number of amides is 1. The van der Waals surface area contributed by atoms with E-state index in [-0.39, 0.29) is 11.9 Å². The predicted molar refractivity (Wildman–Crippen MR) is 94.4 cm³/mol. The number of aliphatic hydroxyl groups is 1. The zero-order valence-corrected chi connectivity index (χ0v) is 13.9. The highest BCUT2D eigenvalue weighted by molar-refractivity contribution is 5.94. The van der Waals surface area contributed by atoms with Gasteiger partial charge in [0.1, 0.15) is 12.7 Å². The van der Waals surface area contributed by atoms with Crippen molar-refractivity contribution >= 4 is 5.91 Å². The van der Waals surface area contributed by atoms with E-state index in [0.717, 1.165) is 11.3 Å². The van der Waals surface area contributed by atoms with E-state index in [4.69, 9.17) is 0 Å². The van der Waals surface area contributed by atoms with Crippen molar-refractivity contribution in [2.45, 2.75) is 25.5 Å². The Morgan fingerprint density at radius 1 is 1.16 bits per heavy atom. The molecule has 2 unspecified atom stereocenters. The molecule has 25 heavy (non-hydrogen) atoms. The van der Waals surface area contributed by atoms with Gasteiger partial charge >= 0.3 is 0 Å². The maximum Gasteiger partial charge on any atom is 0.251 e. The van der Waals surface area contributed by atoms with Crippen LogP contribution in [0.5, 0.6) is 0 Å². The van der Waals surface area contributed by atoms with Gasteiger partial charge in [0.25, 0.3) is 5.91 Å². The summed E-state index contributed by atoms with van der Waals surface area (Å²) in [6, 6.07) is 16.4. The van der Waals surface area contributed by atoms with E-state index in [0.29, 0.717) is 12.0 Å². The topological polar surface area (TPSA) is 80.0 Å². The molecule has 0 aliphatic carbocycles. The summed E-state index contributed by atoms with van der Waals surface area (Å²) in [4.78, 5) is 16.2. The normalized spacial score (nSPS) is 13.2. The fourth-order valence-electron chi connectivity index (χ4n) is 2.53. The smallest absolute Gasteiger partial charge is 0.251 e. The van der Waals surface area contributed by atoms with Crippen molar-refractivity contribution in [3.05, 3.63) is 78.4 Å². The van der Waals surface area contributed by atoms with Crippen LogP contribution in [0.1, 0.15) is 22.8 Å². The maximum atomic E-state index is 12.4. The van der Waals surface area contributed by atoms with Crippen LogP contribution in [0.3, 0.4) is 0 Å². The van der Waals surface area contributed by atoms with E-state index < -0.39 is 6.10 Å². The number of aromatic nitrogens is 3. The van der Waals surface area contributed by atoms with Crippen LogP contribution in [0.2, 0.25) is 0 Å². The van der Waals surface area contributed by atoms with E-state index in [1.54, 1.807) is 42.2 Å². The van der Waals surface area contributed by atoms with Crippen LogP contribution in [-0.2, 0) is 6.42 Å². The third-order valence-electron chi connectivity index (χ3n) is 4.04. The number of carbonyl (C=O) groups excluding carboxylic acids is 1. The number of nitrogens with zero attached hydrogens (tertiary/aromatic N) is 3. The number of hydrogen-bond donors (Lipinski definition) is 2. The number of carbonyl (C=O) groups is 1. The minimum absolute atomic E-state index is 0.218. The molecule has 6 heteroatoms. The molecule has 0 aliphatic rings. The summed E-state index contributed by atoms with van der Waals surface area (Å²) in [6.45, 7) is 1.80. The summed E-state index contributed by atoms with van der Waals surface area (Å²) in [7, 11) is 0.